The van der Waals surface area contributed by atoms with Crippen LogP contribution in [0.3, 0.4) is 0 Å². The zero-order valence-corrected chi connectivity index (χ0v) is 14.7. The van der Waals surface area contributed by atoms with Crippen molar-refractivity contribution in [1.82, 2.24) is 15.6 Å². The predicted octanol–water partition coefficient (Wildman–Crippen LogP) is 0.383. The molecule has 0 fully saturated rings. The fraction of sp³-hybridized carbons (Fsp3) is 0.188. The lowest BCUT2D eigenvalue weighted by Crippen LogP contribution is -2.47. The number of carbonyl (C=O) groups excluding carboxylic acids is 2. The number of aromatic nitrogens is 1. The molecule has 0 aliphatic carbocycles. The summed E-state index contributed by atoms with van der Waals surface area (Å²) < 4.78 is 32.2. The molecule has 1 unspecified atom stereocenters. The van der Waals surface area contributed by atoms with Gasteiger partial charge in [-0.15, -0.1) is 0 Å². The molecule has 1 aromatic heterocycles. The molecular weight excluding hydrogens is 360 g/mol. The van der Waals surface area contributed by atoms with Gasteiger partial charge in [-0.3, -0.25) is 23.8 Å². The SMILES string of the molecule is CNC(=O)C(Cc1ccc(NS(=O)(=O)O)cc1)NC(=O)c1cccnc1. The van der Waals surface area contributed by atoms with Crippen molar-refractivity contribution >= 4 is 27.8 Å². The second-order valence-electron chi connectivity index (χ2n) is 5.36. The normalized spacial score (nSPS) is 12.1. The summed E-state index contributed by atoms with van der Waals surface area (Å²) in [6.45, 7) is 0. The van der Waals surface area contributed by atoms with E-state index in [9.17, 15) is 18.0 Å². The molecular formula is C16H18N4O5S. The second-order valence-corrected chi connectivity index (χ2v) is 6.51. The van der Waals surface area contributed by atoms with Gasteiger partial charge in [0.05, 0.1) is 11.3 Å². The smallest absolute Gasteiger partial charge is 0.357 e. The summed E-state index contributed by atoms with van der Waals surface area (Å²) in [5.74, 6) is -0.807. The fourth-order valence-corrected chi connectivity index (χ4v) is 2.65. The first-order chi connectivity index (χ1) is 12.3. The molecule has 0 bridgehead atoms. The zero-order chi connectivity index (χ0) is 19.2. The van der Waals surface area contributed by atoms with Crippen LogP contribution in [-0.4, -0.2) is 42.9 Å². The number of likely N-dealkylation sites (N-methyl/N-ethyl adjacent to an activating group) is 1. The average molecular weight is 378 g/mol. The van der Waals surface area contributed by atoms with Crippen molar-refractivity contribution in [2.45, 2.75) is 12.5 Å². The van der Waals surface area contributed by atoms with Crippen LogP contribution < -0.4 is 15.4 Å². The highest BCUT2D eigenvalue weighted by molar-refractivity contribution is 7.87. The maximum atomic E-state index is 12.2. The van der Waals surface area contributed by atoms with Gasteiger partial charge < -0.3 is 10.6 Å². The standard InChI is InChI=1S/C16H18N4O5S/c1-17-16(22)14(19-15(21)12-3-2-8-18-10-12)9-11-4-6-13(7-5-11)20-26(23,24)25/h2-8,10,14,20H,9H2,1H3,(H,17,22)(H,19,21)(H,23,24,25). The Morgan fingerprint density at radius 2 is 1.88 bits per heavy atom. The van der Waals surface area contributed by atoms with Crippen LogP contribution in [-0.2, 0) is 21.5 Å². The Labute approximate surface area is 150 Å². The minimum atomic E-state index is -4.35. The summed E-state index contributed by atoms with van der Waals surface area (Å²) in [6, 6.07) is 8.41. The minimum absolute atomic E-state index is 0.173. The van der Waals surface area contributed by atoms with Crippen LogP contribution in [0, 0.1) is 0 Å². The monoisotopic (exact) mass is 378 g/mol. The number of benzene rings is 1. The summed E-state index contributed by atoms with van der Waals surface area (Å²) in [7, 11) is -2.89. The Bertz CT molecular complexity index is 869. The molecule has 1 heterocycles. The van der Waals surface area contributed by atoms with Gasteiger partial charge in [0.1, 0.15) is 6.04 Å². The molecule has 2 amide bonds. The summed E-state index contributed by atoms with van der Waals surface area (Å²) in [5, 5.41) is 5.13. The first kappa shape index (κ1) is 19.3. The lowest BCUT2D eigenvalue weighted by molar-refractivity contribution is -0.122. The van der Waals surface area contributed by atoms with Crippen molar-refractivity contribution in [3.8, 4) is 0 Å². The van der Waals surface area contributed by atoms with Crippen molar-refractivity contribution in [3.05, 3.63) is 59.9 Å². The molecule has 1 aromatic carbocycles. The molecule has 26 heavy (non-hydrogen) atoms. The summed E-state index contributed by atoms with van der Waals surface area (Å²) >= 11 is 0. The summed E-state index contributed by atoms with van der Waals surface area (Å²) in [6.07, 6.45) is 3.12. The first-order valence-corrected chi connectivity index (χ1v) is 8.99. The number of nitrogens with zero attached hydrogens (tertiary/aromatic N) is 1. The Balaban J connectivity index is 2.10. The number of carbonyl (C=O) groups is 2. The topological polar surface area (TPSA) is 137 Å². The Morgan fingerprint density at radius 1 is 1.19 bits per heavy atom. The third-order valence-corrected chi connectivity index (χ3v) is 3.93. The highest BCUT2D eigenvalue weighted by Gasteiger charge is 2.21. The molecule has 0 radical (unpaired) electrons. The molecule has 138 valence electrons. The van der Waals surface area contributed by atoms with E-state index in [-0.39, 0.29) is 18.0 Å². The van der Waals surface area contributed by atoms with Crippen LogP contribution in [0.2, 0.25) is 0 Å². The lowest BCUT2D eigenvalue weighted by atomic mass is 10.0. The zero-order valence-electron chi connectivity index (χ0n) is 13.8. The van der Waals surface area contributed by atoms with Crippen molar-refractivity contribution in [1.29, 1.82) is 0 Å². The van der Waals surface area contributed by atoms with Gasteiger partial charge in [-0.1, -0.05) is 12.1 Å². The van der Waals surface area contributed by atoms with Crippen LogP contribution in [0.15, 0.2) is 48.8 Å². The van der Waals surface area contributed by atoms with Gasteiger partial charge in [0.25, 0.3) is 5.91 Å². The third-order valence-electron chi connectivity index (χ3n) is 3.43. The average Bonchev–Trinajstić information content (AvgIpc) is 2.61. The second kappa shape index (κ2) is 8.41. The highest BCUT2D eigenvalue weighted by atomic mass is 32.2. The highest BCUT2D eigenvalue weighted by Crippen LogP contribution is 2.12. The fourth-order valence-electron chi connectivity index (χ4n) is 2.22. The van der Waals surface area contributed by atoms with Crippen LogP contribution in [0.4, 0.5) is 5.69 Å². The third kappa shape index (κ3) is 5.83. The van der Waals surface area contributed by atoms with Gasteiger partial charge in [-0.25, -0.2) is 0 Å². The van der Waals surface area contributed by atoms with Crippen LogP contribution in [0.5, 0.6) is 0 Å². The van der Waals surface area contributed by atoms with E-state index < -0.39 is 22.3 Å². The number of amides is 2. The number of nitrogens with one attached hydrogen (secondary N) is 3. The van der Waals surface area contributed by atoms with E-state index in [1.807, 2.05) is 4.72 Å². The number of anilines is 1. The quantitative estimate of drug-likeness (QED) is 0.514. The number of pyridine rings is 1. The molecule has 0 spiro atoms. The Morgan fingerprint density at radius 3 is 2.42 bits per heavy atom. The molecule has 2 rings (SSSR count). The molecule has 4 N–H and O–H groups in total. The van der Waals surface area contributed by atoms with E-state index in [0.29, 0.717) is 11.1 Å². The molecule has 0 aliphatic rings. The minimum Gasteiger partial charge on any atom is -0.357 e. The Hall–Kier alpha value is -2.98. The molecule has 0 saturated carbocycles. The van der Waals surface area contributed by atoms with Gasteiger partial charge in [0, 0.05) is 25.9 Å². The van der Waals surface area contributed by atoms with Crippen molar-refractivity contribution < 1.29 is 22.6 Å². The molecule has 0 saturated heterocycles. The van der Waals surface area contributed by atoms with Gasteiger partial charge in [-0.2, -0.15) is 8.42 Å². The van der Waals surface area contributed by atoms with E-state index in [1.165, 1.54) is 31.6 Å². The van der Waals surface area contributed by atoms with Crippen LogP contribution >= 0.6 is 0 Å². The van der Waals surface area contributed by atoms with Crippen molar-refractivity contribution in [2.24, 2.45) is 0 Å². The van der Waals surface area contributed by atoms with Crippen LogP contribution in [0.1, 0.15) is 15.9 Å². The van der Waals surface area contributed by atoms with Gasteiger partial charge >= 0.3 is 10.3 Å². The molecule has 1 atom stereocenters. The summed E-state index contributed by atoms with van der Waals surface area (Å²) in [5.41, 5.74) is 1.19. The van der Waals surface area contributed by atoms with Crippen molar-refractivity contribution in [3.63, 3.8) is 0 Å². The molecule has 9 nitrogen and oxygen atoms in total. The largest absolute Gasteiger partial charge is 0.357 e. The maximum Gasteiger partial charge on any atom is 0.357 e. The van der Waals surface area contributed by atoms with Crippen molar-refractivity contribution in [2.75, 3.05) is 11.8 Å². The lowest BCUT2D eigenvalue weighted by Gasteiger charge is -2.17. The molecule has 0 aliphatic heterocycles. The van der Waals surface area contributed by atoms with E-state index in [4.69, 9.17) is 4.55 Å². The Kier molecular flexibility index (Phi) is 6.26. The van der Waals surface area contributed by atoms with E-state index in [0.717, 1.165) is 0 Å². The van der Waals surface area contributed by atoms with Gasteiger partial charge in [-0.05, 0) is 29.8 Å². The molecule has 2 aromatic rings. The predicted molar refractivity (Wildman–Crippen MR) is 94.9 cm³/mol. The first-order valence-electron chi connectivity index (χ1n) is 7.55. The number of rotatable bonds is 7. The maximum absolute atomic E-state index is 12.2. The number of hydrogen-bond acceptors (Lipinski definition) is 5. The van der Waals surface area contributed by atoms with E-state index in [1.54, 1.807) is 24.3 Å². The van der Waals surface area contributed by atoms with Gasteiger partial charge in [0.2, 0.25) is 5.91 Å². The van der Waals surface area contributed by atoms with E-state index in [2.05, 4.69) is 15.6 Å². The van der Waals surface area contributed by atoms with Crippen LogP contribution in [0.25, 0.3) is 0 Å². The molecule has 10 heteroatoms. The summed E-state index contributed by atoms with van der Waals surface area (Å²) in [4.78, 5) is 28.2. The number of hydrogen-bond donors (Lipinski definition) is 4. The van der Waals surface area contributed by atoms with Gasteiger partial charge in [0.15, 0.2) is 0 Å². The van der Waals surface area contributed by atoms with E-state index >= 15 is 0 Å².